The van der Waals surface area contributed by atoms with Gasteiger partial charge >= 0.3 is 0 Å². The maximum atomic E-state index is 5.59. The standard InChI is InChI=1S/C14H20O3/c1-2-6-13(7-3-1)10-15-8-4-5-9-17-14-11-16-12-14/h1-3,6-7,14H,4-5,8-12H2. The highest BCUT2D eigenvalue weighted by atomic mass is 16.6. The molecule has 0 amide bonds. The van der Waals surface area contributed by atoms with E-state index in [1.807, 2.05) is 18.2 Å². The zero-order valence-electron chi connectivity index (χ0n) is 10.1. The molecule has 1 saturated heterocycles. The number of unbranched alkanes of at least 4 members (excludes halogenated alkanes) is 1. The SMILES string of the molecule is c1ccc(COCCCCOC2COC2)cc1. The molecule has 3 nitrogen and oxygen atoms in total. The van der Waals surface area contributed by atoms with E-state index in [2.05, 4.69) is 12.1 Å². The van der Waals surface area contributed by atoms with Gasteiger partial charge in [-0.05, 0) is 18.4 Å². The van der Waals surface area contributed by atoms with Crippen LogP contribution in [0.3, 0.4) is 0 Å². The van der Waals surface area contributed by atoms with E-state index in [0.29, 0.717) is 12.7 Å². The highest BCUT2D eigenvalue weighted by Gasteiger charge is 2.17. The molecule has 0 N–H and O–H groups in total. The van der Waals surface area contributed by atoms with Crippen molar-refractivity contribution in [1.82, 2.24) is 0 Å². The lowest BCUT2D eigenvalue weighted by Crippen LogP contribution is -2.36. The molecule has 0 unspecified atom stereocenters. The average molecular weight is 236 g/mol. The van der Waals surface area contributed by atoms with E-state index in [1.54, 1.807) is 0 Å². The van der Waals surface area contributed by atoms with Gasteiger partial charge in [-0.1, -0.05) is 30.3 Å². The smallest absolute Gasteiger partial charge is 0.104 e. The Morgan fingerprint density at radius 1 is 1.06 bits per heavy atom. The van der Waals surface area contributed by atoms with Crippen molar-refractivity contribution in [1.29, 1.82) is 0 Å². The van der Waals surface area contributed by atoms with Gasteiger partial charge in [0, 0.05) is 13.2 Å². The van der Waals surface area contributed by atoms with E-state index in [9.17, 15) is 0 Å². The van der Waals surface area contributed by atoms with Gasteiger partial charge in [0.2, 0.25) is 0 Å². The first-order chi connectivity index (χ1) is 8.45. The largest absolute Gasteiger partial charge is 0.377 e. The highest BCUT2D eigenvalue weighted by molar-refractivity contribution is 5.13. The summed E-state index contributed by atoms with van der Waals surface area (Å²) in [7, 11) is 0. The first kappa shape index (κ1) is 12.6. The summed E-state index contributed by atoms with van der Waals surface area (Å²) in [6.45, 7) is 3.87. The Labute approximate surface area is 103 Å². The predicted octanol–water partition coefficient (Wildman–Crippen LogP) is 2.40. The molecule has 0 aromatic heterocycles. The van der Waals surface area contributed by atoms with Gasteiger partial charge in [-0.3, -0.25) is 0 Å². The summed E-state index contributed by atoms with van der Waals surface area (Å²) in [5.74, 6) is 0. The number of hydrogen-bond acceptors (Lipinski definition) is 3. The zero-order chi connectivity index (χ0) is 11.8. The van der Waals surface area contributed by atoms with Gasteiger partial charge in [-0.2, -0.15) is 0 Å². The molecule has 1 aromatic rings. The molecule has 1 aliphatic rings. The van der Waals surface area contributed by atoms with Crippen molar-refractivity contribution in [2.24, 2.45) is 0 Å². The van der Waals surface area contributed by atoms with E-state index in [1.165, 1.54) is 5.56 Å². The van der Waals surface area contributed by atoms with Gasteiger partial charge in [-0.15, -0.1) is 0 Å². The minimum Gasteiger partial charge on any atom is -0.377 e. The number of benzene rings is 1. The lowest BCUT2D eigenvalue weighted by Gasteiger charge is -2.25. The molecule has 3 heteroatoms. The molecule has 1 aliphatic heterocycles. The van der Waals surface area contributed by atoms with Crippen molar-refractivity contribution in [3.05, 3.63) is 35.9 Å². The molecule has 1 fully saturated rings. The van der Waals surface area contributed by atoms with Crippen LogP contribution in [0.15, 0.2) is 30.3 Å². The highest BCUT2D eigenvalue weighted by Crippen LogP contribution is 2.06. The average Bonchev–Trinajstić information content (AvgIpc) is 2.31. The zero-order valence-corrected chi connectivity index (χ0v) is 10.1. The summed E-state index contributed by atoms with van der Waals surface area (Å²) >= 11 is 0. The lowest BCUT2D eigenvalue weighted by atomic mass is 10.2. The summed E-state index contributed by atoms with van der Waals surface area (Å²) in [5.41, 5.74) is 1.23. The molecular weight excluding hydrogens is 216 g/mol. The van der Waals surface area contributed by atoms with Crippen molar-refractivity contribution in [3.8, 4) is 0 Å². The van der Waals surface area contributed by atoms with Crippen LogP contribution in [0.1, 0.15) is 18.4 Å². The van der Waals surface area contributed by atoms with Gasteiger partial charge in [0.1, 0.15) is 6.10 Å². The van der Waals surface area contributed by atoms with Crippen LogP contribution in [0, 0.1) is 0 Å². The van der Waals surface area contributed by atoms with Crippen molar-refractivity contribution >= 4 is 0 Å². The Bertz CT molecular complexity index is 296. The van der Waals surface area contributed by atoms with Crippen molar-refractivity contribution in [2.75, 3.05) is 26.4 Å². The second kappa shape index (κ2) is 7.43. The Morgan fingerprint density at radius 2 is 1.82 bits per heavy atom. The van der Waals surface area contributed by atoms with E-state index in [-0.39, 0.29) is 0 Å². The summed E-state index contributed by atoms with van der Waals surface area (Å²) in [6.07, 6.45) is 2.46. The van der Waals surface area contributed by atoms with Crippen LogP contribution in [-0.4, -0.2) is 32.5 Å². The third-order valence-corrected chi connectivity index (χ3v) is 2.76. The number of rotatable bonds is 8. The second-order valence-corrected chi connectivity index (χ2v) is 4.28. The molecule has 94 valence electrons. The normalized spacial score (nSPS) is 15.8. The van der Waals surface area contributed by atoms with Gasteiger partial charge in [-0.25, -0.2) is 0 Å². The van der Waals surface area contributed by atoms with Crippen LogP contribution in [-0.2, 0) is 20.8 Å². The quantitative estimate of drug-likeness (QED) is 0.649. The van der Waals surface area contributed by atoms with E-state index < -0.39 is 0 Å². The molecule has 0 spiro atoms. The number of ether oxygens (including phenoxy) is 3. The Hall–Kier alpha value is -0.900. The Kier molecular flexibility index (Phi) is 5.49. The molecule has 2 rings (SSSR count). The third kappa shape index (κ3) is 4.86. The van der Waals surface area contributed by atoms with Crippen LogP contribution in [0.4, 0.5) is 0 Å². The maximum absolute atomic E-state index is 5.59. The Morgan fingerprint density at radius 3 is 2.53 bits per heavy atom. The van der Waals surface area contributed by atoms with Crippen LogP contribution < -0.4 is 0 Å². The van der Waals surface area contributed by atoms with Crippen molar-refractivity contribution in [2.45, 2.75) is 25.6 Å². The van der Waals surface area contributed by atoms with Crippen LogP contribution in [0.25, 0.3) is 0 Å². The fourth-order valence-electron chi connectivity index (χ4n) is 1.63. The first-order valence-corrected chi connectivity index (χ1v) is 6.26. The number of hydrogen-bond donors (Lipinski definition) is 0. The second-order valence-electron chi connectivity index (χ2n) is 4.28. The van der Waals surface area contributed by atoms with E-state index in [0.717, 1.165) is 39.3 Å². The molecule has 0 atom stereocenters. The lowest BCUT2D eigenvalue weighted by molar-refractivity contribution is -0.130. The predicted molar refractivity (Wildman–Crippen MR) is 65.9 cm³/mol. The van der Waals surface area contributed by atoms with Crippen LogP contribution in [0.2, 0.25) is 0 Å². The molecule has 17 heavy (non-hydrogen) atoms. The summed E-state index contributed by atoms with van der Waals surface area (Å²) in [5, 5.41) is 0. The minimum atomic E-state index is 0.347. The first-order valence-electron chi connectivity index (χ1n) is 6.26. The molecule has 0 bridgehead atoms. The van der Waals surface area contributed by atoms with Gasteiger partial charge < -0.3 is 14.2 Å². The summed E-state index contributed by atoms with van der Waals surface area (Å²) in [4.78, 5) is 0. The minimum absolute atomic E-state index is 0.347. The molecule has 0 saturated carbocycles. The fourth-order valence-corrected chi connectivity index (χ4v) is 1.63. The summed E-state index contributed by atoms with van der Waals surface area (Å²) in [6, 6.07) is 10.3. The molecule has 1 heterocycles. The van der Waals surface area contributed by atoms with E-state index in [4.69, 9.17) is 14.2 Å². The molecule has 0 aliphatic carbocycles. The van der Waals surface area contributed by atoms with Crippen molar-refractivity contribution in [3.63, 3.8) is 0 Å². The topological polar surface area (TPSA) is 27.7 Å². The van der Waals surface area contributed by atoms with Gasteiger partial charge in [0.25, 0.3) is 0 Å². The Balaban J connectivity index is 1.41. The van der Waals surface area contributed by atoms with Crippen LogP contribution in [0.5, 0.6) is 0 Å². The van der Waals surface area contributed by atoms with Crippen molar-refractivity contribution < 1.29 is 14.2 Å². The molecular formula is C14H20O3. The summed E-state index contributed by atoms with van der Waals surface area (Å²) < 4.78 is 16.2. The monoisotopic (exact) mass is 236 g/mol. The van der Waals surface area contributed by atoms with Gasteiger partial charge in [0.05, 0.1) is 19.8 Å². The van der Waals surface area contributed by atoms with E-state index >= 15 is 0 Å². The molecule has 0 radical (unpaired) electrons. The fraction of sp³-hybridized carbons (Fsp3) is 0.571. The third-order valence-electron chi connectivity index (χ3n) is 2.76. The van der Waals surface area contributed by atoms with Gasteiger partial charge in [0.15, 0.2) is 0 Å². The maximum Gasteiger partial charge on any atom is 0.104 e. The molecule has 1 aromatic carbocycles. The van der Waals surface area contributed by atoms with Crippen LogP contribution >= 0.6 is 0 Å².